The lowest BCUT2D eigenvalue weighted by Crippen LogP contribution is -2.33. The average molecular weight is 499 g/mol. The Kier molecular flexibility index (Phi) is 6.71. The van der Waals surface area contributed by atoms with Crippen LogP contribution in [0.5, 0.6) is 0 Å². The third-order valence-corrected chi connectivity index (χ3v) is 7.50. The summed E-state index contributed by atoms with van der Waals surface area (Å²) >= 11 is 0. The van der Waals surface area contributed by atoms with E-state index in [2.05, 4.69) is 33.8 Å². The Hall–Kier alpha value is -2.86. The van der Waals surface area contributed by atoms with E-state index in [1.807, 2.05) is 12.1 Å². The van der Waals surface area contributed by atoms with Crippen LogP contribution in [0.25, 0.3) is 21.9 Å². The largest absolute Gasteiger partial charge is 0.462 e. The number of rotatable bonds is 5. The van der Waals surface area contributed by atoms with E-state index in [4.69, 9.17) is 9.47 Å². The van der Waals surface area contributed by atoms with E-state index in [1.54, 1.807) is 37.3 Å². The molecule has 0 spiro atoms. The predicted molar refractivity (Wildman–Crippen MR) is 136 cm³/mol. The first-order chi connectivity index (χ1) is 16.8. The molecule has 1 unspecified atom stereocenters. The van der Waals surface area contributed by atoms with Gasteiger partial charge in [-0.25, -0.2) is 4.79 Å². The summed E-state index contributed by atoms with van der Waals surface area (Å²) in [5.74, 6) is -0.434. The smallest absolute Gasteiger partial charge is 0.418 e. The Balaban J connectivity index is 1.97. The molecule has 4 rings (SSSR count). The Morgan fingerprint density at radius 1 is 0.917 bits per heavy atom. The summed E-state index contributed by atoms with van der Waals surface area (Å²) in [4.78, 5) is 12.0. The molecule has 0 amide bonds. The molecular formula is C30H33F3O3. The molecule has 1 aliphatic carbocycles. The van der Waals surface area contributed by atoms with E-state index in [1.165, 1.54) is 5.56 Å². The minimum atomic E-state index is -4.57. The quantitative estimate of drug-likeness (QED) is 0.332. The molecule has 0 bridgehead atoms. The molecule has 0 fully saturated rings. The topological polar surface area (TPSA) is 35.5 Å². The van der Waals surface area contributed by atoms with E-state index in [0.29, 0.717) is 22.1 Å². The van der Waals surface area contributed by atoms with E-state index < -0.39 is 18.2 Å². The zero-order chi connectivity index (χ0) is 26.5. The van der Waals surface area contributed by atoms with Gasteiger partial charge in [-0.1, -0.05) is 45.9 Å². The van der Waals surface area contributed by atoms with Gasteiger partial charge in [0, 0.05) is 7.11 Å². The lowest BCUT2D eigenvalue weighted by Gasteiger charge is -2.42. The van der Waals surface area contributed by atoms with Crippen molar-refractivity contribution in [1.29, 1.82) is 0 Å². The fraction of sp³-hybridized carbons (Fsp3) is 0.433. The van der Waals surface area contributed by atoms with Crippen LogP contribution < -0.4 is 0 Å². The molecule has 3 nitrogen and oxygen atoms in total. The number of ether oxygens (including phenoxy) is 2. The number of esters is 1. The summed E-state index contributed by atoms with van der Waals surface area (Å²) in [5.41, 5.74) is 3.87. The van der Waals surface area contributed by atoms with E-state index in [-0.39, 0.29) is 23.0 Å². The van der Waals surface area contributed by atoms with Gasteiger partial charge in [0.1, 0.15) is 0 Å². The Bertz CT molecular complexity index is 1290. The molecule has 192 valence electrons. The highest BCUT2D eigenvalue weighted by Gasteiger charge is 2.43. The van der Waals surface area contributed by atoms with Crippen LogP contribution in [0.2, 0.25) is 0 Å². The second-order valence-electron chi connectivity index (χ2n) is 10.9. The van der Waals surface area contributed by atoms with Gasteiger partial charge < -0.3 is 9.47 Å². The first-order valence-corrected chi connectivity index (χ1v) is 12.3. The van der Waals surface area contributed by atoms with Crippen molar-refractivity contribution in [3.63, 3.8) is 0 Å². The van der Waals surface area contributed by atoms with Gasteiger partial charge in [-0.05, 0) is 99.5 Å². The van der Waals surface area contributed by atoms with Crippen LogP contribution in [0.1, 0.15) is 80.6 Å². The summed E-state index contributed by atoms with van der Waals surface area (Å²) in [6.45, 7) is 10.7. The van der Waals surface area contributed by atoms with Crippen molar-refractivity contribution in [1.82, 2.24) is 0 Å². The molecule has 0 radical (unpaired) electrons. The molecule has 3 aromatic rings. The number of carbonyl (C=O) groups is 1. The first kappa shape index (κ1) is 26.2. The Morgan fingerprint density at radius 2 is 1.50 bits per heavy atom. The predicted octanol–water partition coefficient (Wildman–Crippen LogP) is 8.28. The normalized spacial score (nSPS) is 17.5. The lowest BCUT2D eigenvalue weighted by atomic mass is 9.62. The average Bonchev–Trinajstić information content (AvgIpc) is 2.81. The fourth-order valence-corrected chi connectivity index (χ4v) is 5.29. The maximum absolute atomic E-state index is 14.1. The molecular weight excluding hydrogens is 465 g/mol. The van der Waals surface area contributed by atoms with Crippen molar-refractivity contribution in [2.45, 2.75) is 70.6 Å². The summed E-state index contributed by atoms with van der Waals surface area (Å²) in [6, 6.07) is 14.2. The number of hydrogen-bond acceptors (Lipinski definition) is 3. The van der Waals surface area contributed by atoms with Crippen LogP contribution in [0, 0.1) is 0 Å². The summed E-state index contributed by atoms with van der Waals surface area (Å²) < 4.78 is 52.4. The monoisotopic (exact) mass is 498 g/mol. The SMILES string of the molecule is CCOC(=O)c1ccc(-c2cc(C(OC)C(F)(F)F)c3cc4c(cc3c2)C(C)(C)CCC4(C)C)cc1. The van der Waals surface area contributed by atoms with Gasteiger partial charge >= 0.3 is 12.1 Å². The van der Waals surface area contributed by atoms with Gasteiger partial charge in [0.25, 0.3) is 0 Å². The highest BCUT2D eigenvalue weighted by molar-refractivity contribution is 5.93. The second-order valence-corrected chi connectivity index (χ2v) is 10.9. The van der Waals surface area contributed by atoms with Gasteiger partial charge in [0.2, 0.25) is 0 Å². The lowest BCUT2D eigenvalue weighted by molar-refractivity contribution is -0.215. The Labute approximate surface area is 210 Å². The van der Waals surface area contributed by atoms with Gasteiger partial charge in [0.05, 0.1) is 12.2 Å². The van der Waals surface area contributed by atoms with Crippen LogP contribution in [-0.4, -0.2) is 25.9 Å². The number of alkyl halides is 3. The van der Waals surface area contributed by atoms with E-state index in [9.17, 15) is 18.0 Å². The zero-order valence-electron chi connectivity index (χ0n) is 21.7. The first-order valence-electron chi connectivity index (χ1n) is 12.3. The van der Waals surface area contributed by atoms with Gasteiger partial charge in [0.15, 0.2) is 6.10 Å². The molecule has 0 aromatic heterocycles. The molecule has 0 aliphatic heterocycles. The van der Waals surface area contributed by atoms with Gasteiger partial charge in [-0.15, -0.1) is 0 Å². The van der Waals surface area contributed by atoms with Crippen LogP contribution in [-0.2, 0) is 20.3 Å². The molecule has 0 heterocycles. The van der Waals surface area contributed by atoms with Gasteiger partial charge in [-0.3, -0.25) is 0 Å². The number of methoxy groups -OCH3 is 1. The summed E-state index contributed by atoms with van der Waals surface area (Å²) in [7, 11) is 1.09. The minimum Gasteiger partial charge on any atom is -0.462 e. The van der Waals surface area contributed by atoms with Crippen molar-refractivity contribution in [2.24, 2.45) is 0 Å². The van der Waals surface area contributed by atoms with Crippen molar-refractivity contribution in [2.75, 3.05) is 13.7 Å². The molecule has 1 atom stereocenters. The van der Waals surface area contributed by atoms with Gasteiger partial charge in [-0.2, -0.15) is 13.2 Å². The fourth-order valence-electron chi connectivity index (χ4n) is 5.29. The summed E-state index contributed by atoms with van der Waals surface area (Å²) in [5, 5.41) is 1.29. The van der Waals surface area contributed by atoms with Crippen molar-refractivity contribution in [3.8, 4) is 11.1 Å². The Morgan fingerprint density at radius 3 is 2.03 bits per heavy atom. The number of carbonyl (C=O) groups excluding carboxylic acids is 1. The summed E-state index contributed by atoms with van der Waals surface area (Å²) in [6.07, 6.45) is -4.66. The molecule has 6 heteroatoms. The van der Waals surface area contributed by atoms with Crippen LogP contribution in [0.15, 0.2) is 48.5 Å². The third-order valence-electron chi connectivity index (χ3n) is 7.50. The maximum atomic E-state index is 14.1. The second kappa shape index (κ2) is 9.22. The number of hydrogen-bond donors (Lipinski definition) is 0. The van der Waals surface area contributed by atoms with Crippen molar-refractivity contribution >= 4 is 16.7 Å². The molecule has 3 aromatic carbocycles. The van der Waals surface area contributed by atoms with E-state index in [0.717, 1.165) is 30.9 Å². The minimum absolute atomic E-state index is 0.0822. The molecule has 0 saturated heterocycles. The van der Waals surface area contributed by atoms with Crippen LogP contribution in [0.4, 0.5) is 13.2 Å². The standard InChI is InChI=1S/C30H33F3O3/c1-7-36-27(34)19-10-8-18(9-11-19)20-14-21-16-24-25(29(4,5)13-12-28(24,2)3)17-22(21)23(15-20)26(35-6)30(31,32)33/h8-11,14-17,26H,7,12-13H2,1-6H3. The number of benzene rings is 3. The van der Waals surface area contributed by atoms with Crippen LogP contribution in [0.3, 0.4) is 0 Å². The maximum Gasteiger partial charge on any atom is 0.418 e. The van der Waals surface area contributed by atoms with Crippen molar-refractivity contribution in [3.05, 3.63) is 70.8 Å². The number of fused-ring (bicyclic) bond motifs is 2. The molecule has 36 heavy (non-hydrogen) atoms. The highest BCUT2D eigenvalue weighted by Crippen LogP contribution is 2.49. The van der Waals surface area contributed by atoms with Crippen molar-refractivity contribution < 1.29 is 27.4 Å². The molecule has 0 N–H and O–H groups in total. The molecule has 1 aliphatic rings. The number of halogens is 3. The highest BCUT2D eigenvalue weighted by atomic mass is 19.4. The van der Waals surface area contributed by atoms with E-state index >= 15 is 0 Å². The van der Waals surface area contributed by atoms with Crippen LogP contribution >= 0.6 is 0 Å². The zero-order valence-corrected chi connectivity index (χ0v) is 21.7. The third kappa shape index (κ3) is 4.75. The molecule has 0 saturated carbocycles.